The van der Waals surface area contributed by atoms with Gasteiger partial charge in [0.25, 0.3) is 5.69 Å². The normalized spacial score (nSPS) is 20.4. The molecule has 2 unspecified atom stereocenters. The number of benzene rings is 1. The van der Waals surface area contributed by atoms with E-state index in [-0.39, 0.29) is 17.8 Å². The van der Waals surface area contributed by atoms with Gasteiger partial charge in [-0.3, -0.25) is 10.1 Å². The molecule has 1 N–H and O–H groups in total. The second-order valence-electron chi connectivity index (χ2n) is 4.75. The molecule has 6 heteroatoms. The van der Waals surface area contributed by atoms with E-state index in [9.17, 15) is 10.1 Å². The summed E-state index contributed by atoms with van der Waals surface area (Å²) < 4.78 is 5.60. The number of nitro benzene ring substituents is 1. The maximum atomic E-state index is 10.6. The lowest BCUT2D eigenvalue weighted by Crippen LogP contribution is -2.36. The van der Waals surface area contributed by atoms with Crippen LogP contribution in [0.3, 0.4) is 0 Å². The van der Waals surface area contributed by atoms with E-state index in [1.807, 2.05) is 0 Å². The topological polar surface area (TPSA) is 64.4 Å². The van der Waals surface area contributed by atoms with Crippen LogP contribution in [-0.2, 0) is 11.3 Å². The summed E-state index contributed by atoms with van der Waals surface area (Å²) in [5.41, 5.74) is 0.873. The molecule has 5 nitrogen and oxygen atoms in total. The summed E-state index contributed by atoms with van der Waals surface area (Å²) in [4.78, 5) is 10.2. The van der Waals surface area contributed by atoms with E-state index in [1.54, 1.807) is 6.07 Å². The molecule has 2 rings (SSSR count). The Morgan fingerprint density at radius 2 is 2.42 bits per heavy atom. The van der Waals surface area contributed by atoms with Gasteiger partial charge in [0.15, 0.2) is 0 Å². The second kappa shape index (κ2) is 6.32. The van der Waals surface area contributed by atoms with Crippen molar-refractivity contribution in [1.82, 2.24) is 5.32 Å². The van der Waals surface area contributed by atoms with Crippen LogP contribution in [0.1, 0.15) is 25.3 Å². The number of hydrogen-bond acceptors (Lipinski definition) is 4. The van der Waals surface area contributed by atoms with Gasteiger partial charge in [-0.25, -0.2) is 0 Å². The van der Waals surface area contributed by atoms with Crippen molar-refractivity contribution in [3.8, 4) is 0 Å². The van der Waals surface area contributed by atoms with Crippen molar-refractivity contribution in [3.63, 3.8) is 0 Å². The van der Waals surface area contributed by atoms with E-state index in [4.69, 9.17) is 16.3 Å². The van der Waals surface area contributed by atoms with Gasteiger partial charge in [-0.05, 0) is 31.4 Å². The van der Waals surface area contributed by atoms with Gasteiger partial charge >= 0.3 is 0 Å². The van der Waals surface area contributed by atoms with Crippen LogP contribution < -0.4 is 5.32 Å². The number of rotatable bonds is 5. The molecule has 1 aromatic carbocycles. The van der Waals surface area contributed by atoms with Crippen LogP contribution in [-0.4, -0.2) is 23.7 Å². The summed E-state index contributed by atoms with van der Waals surface area (Å²) >= 11 is 6.04. The monoisotopic (exact) mass is 284 g/mol. The fourth-order valence-corrected chi connectivity index (χ4v) is 2.43. The predicted octanol–water partition coefficient (Wildman–Crippen LogP) is 2.91. The number of non-ortho nitro benzene ring substituents is 1. The highest BCUT2D eigenvalue weighted by atomic mass is 35.5. The van der Waals surface area contributed by atoms with Crippen molar-refractivity contribution in [3.05, 3.63) is 38.9 Å². The number of ether oxygens (including phenoxy) is 1. The molecule has 0 amide bonds. The Hall–Kier alpha value is -1.17. The van der Waals surface area contributed by atoms with Gasteiger partial charge in [-0.1, -0.05) is 11.6 Å². The van der Waals surface area contributed by atoms with Gasteiger partial charge in [0.1, 0.15) is 0 Å². The largest absolute Gasteiger partial charge is 0.377 e. The number of hydrogen-bond donors (Lipinski definition) is 1. The van der Waals surface area contributed by atoms with Gasteiger partial charge in [-0.15, -0.1) is 0 Å². The Morgan fingerprint density at radius 1 is 1.63 bits per heavy atom. The van der Waals surface area contributed by atoms with Crippen molar-refractivity contribution in [1.29, 1.82) is 0 Å². The Morgan fingerprint density at radius 3 is 3.00 bits per heavy atom. The Labute approximate surface area is 117 Å². The van der Waals surface area contributed by atoms with Crippen molar-refractivity contribution < 1.29 is 9.66 Å². The van der Waals surface area contributed by atoms with Crippen molar-refractivity contribution in [2.24, 2.45) is 0 Å². The highest BCUT2D eigenvalue weighted by molar-refractivity contribution is 6.31. The maximum Gasteiger partial charge on any atom is 0.270 e. The second-order valence-corrected chi connectivity index (χ2v) is 5.16. The quantitative estimate of drug-likeness (QED) is 0.667. The highest BCUT2D eigenvalue weighted by Gasteiger charge is 2.22. The minimum absolute atomic E-state index is 0.0147. The van der Waals surface area contributed by atoms with Crippen LogP contribution in [0.2, 0.25) is 5.02 Å². The number of nitro groups is 1. The average molecular weight is 285 g/mol. The number of halogens is 1. The summed E-state index contributed by atoms with van der Waals surface area (Å²) in [7, 11) is 0. The first-order valence-corrected chi connectivity index (χ1v) is 6.73. The third-order valence-electron chi connectivity index (χ3n) is 3.38. The standard InChI is InChI=1S/C13H17ClN2O3/c1-9(13-3-2-6-19-13)15-8-10-4-5-11(16(17)18)7-12(10)14/h4-5,7,9,13,15H,2-3,6,8H2,1H3. The van der Waals surface area contributed by atoms with E-state index in [2.05, 4.69) is 12.2 Å². The predicted molar refractivity (Wildman–Crippen MR) is 73.4 cm³/mol. The molecule has 0 saturated carbocycles. The fourth-order valence-electron chi connectivity index (χ4n) is 2.19. The van der Waals surface area contributed by atoms with Crippen molar-refractivity contribution >= 4 is 17.3 Å². The molecule has 19 heavy (non-hydrogen) atoms. The molecule has 1 heterocycles. The van der Waals surface area contributed by atoms with Crippen molar-refractivity contribution in [2.75, 3.05) is 6.61 Å². The lowest BCUT2D eigenvalue weighted by atomic mass is 10.1. The molecule has 0 bridgehead atoms. The van der Waals surface area contributed by atoms with E-state index in [0.29, 0.717) is 11.6 Å². The number of nitrogens with zero attached hydrogens (tertiary/aromatic N) is 1. The fraction of sp³-hybridized carbons (Fsp3) is 0.538. The Bertz CT molecular complexity index is 461. The minimum atomic E-state index is -0.446. The average Bonchev–Trinajstić information content (AvgIpc) is 2.90. The summed E-state index contributed by atoms with van der Waals surface area (Å²) in [5.74, 6) is 0. The van der Waals surface area contributed by atoms with Crippen LogP contribution in [0.15, 0.2) is 18.2 Å². The highest BCUT2D eigenvalue weighted by Crippen LogP contribution is 2.23. The molecule has 1 aliphatic heterocycles. The summed E-state index contributed by atoms with van der Waals surface area (Å²) in [6.07, 6.45) is 2.42. The van der Waals surface area contributed by atoms with Gasteiger partial charge in [0.05, 0.1) is 16.0 Å². The molecule has 0 aliphatic carbocycles. The first kappa shape index (κ1) is 14.2. The van der Waals surface area contributed by atoms with Crippen LogP contribution in [0.25, 0.3) is 0 Å². The molecular formula is C13H17ClN2O3. The summed E-state index contributed by atoms with van der Waals surface area (Å²) in [5, 5.41) is 14.4. The van der Waals surface area contributed by atoms with Gasteiger partial charge in [0, 0.05) is 31.3 Å². The molecule has 1 fully saturated rings. The Kier molecular flexibility index (Phi) is 4.74. The molecular weight excluding hydrogens is 268 g/mol. The van der Waals surface area contributed by atoms with E-state index < -0.39 is 4.92 Å². The molecule has 104 valence electrons. The molecule has 0 radical (unpaired) electrons. The lowest BCUT2D eigenvalue weighted by molar-refractivity contribution is -0.384. The zero-order valence-corrected chi connectivity index (χ0v) is 11.5. The van der Waals surface area contributed by atoms with Crippen LogP contribution >= 0.6 is 11.6 Å². The zero-order valence-electron chi connectivity index (χ0n) is 10.8. The zero-order chi connectivity index (χ0) is 13.8. The van der Waals surface area contributed by atoms with Crippen LogP contribution in [0.4, 0.5) is 5.69 Å². The Balaban J connectivity index is 1.93. The minimum Gasteiger partial charge on any atom is -0.377 e. The first-order valence-electron chi connectivity index (χ1n) is 6.35. The molecule has 1 aliphatic rings. The van der Waals surface area contributed by atoms with Gasteiger partial charge in [-0.2, -0.15) is 0 Å². The molecule has 1 saturated heterocycles. The van der Waals surface area contributed by atoms with Crippen LogP contribution in [0.5, 0.6) is 0 Å². The van der Waals surface area contributed by atoms with Crippen molar-refractivity contribution in [2.45, 2.75) is 38.5 Å². The third kappa shape index (κ3) is 3.65. The van der Waals surface area contributed by atoms with Gasteiger partial charge < -0.3 is 10.1 Å². The van der Waals surface area contributed by atoms with E-state index in [1.165, 1.54) is 12.1 Å². The summed E-state index contributed by atoms with van der Waals surface area (Å²) in [6.45, 7) is 3.49. The number of nitrogens with one attached hydrogen (secondary N) is 1. The molecule has 0 aromatic heterocycles. The lowest BCUT2D eigenvalue weighted by Gasteiger charge is -2.20. The molecule has 1 aromatic rings. The van der Waals surface area contributed by atoms with E-state index >= 15 is 0 Å². The smallest absolute Gasteiger partial charge is 0.270 e. The maximum absolute atomic E-state index is 10.6. The molecule has 2 atom stereocenters. The van der Waals surface area contributed by atoms with E-state index in [0.717, 1.165) is 25.0 Å². The molecule has 0 spiro atoms. The first-order chi connectivity index (χ1) is 9.08. The summed E-state index contributed by atoms with van der Waals surface area (Å²) in [6, 6.07) is 4.79. The third-order valence-corrected chi connectivity index (χ3v) is 3.74. The van der Waals surface area contributed by atoms with Crippen LogP contribution in [0, 0.1) is 10.1 Å². The van der Waals surface area contributed by atoms with Gasteiger partial charge in [0.2, 0.25) is 0 Å². The SMILES string of the molecule is CC(NCc1ccc([N+](=O)[O-])cc1Cl)C1CCCO1.